The second kappa shape index (κ2) is 6.97. The normalized spacial score (nSPS) is 11.2. The van der Waals surface area contributed by atoms with Crippen LogP contribution >= 0.6 is 0 Å². The maximum Gasteiger partial charge on any atom is 0.260 e. The number of benzene rings is 2. The van der Waals surface area contributed by atoms with Gasteiger partial charge in [-0.1, -0.05) is 44.2 Å². The van der Waals surface area contributed by atoms with E-state index in [1.54, 1.807) is 18.3 Å². The van der Waals surface area contributed by atoms with E-state index >= 15 is 0 Å². The van der Waals surface area contributed by atoms with Crippen LogP contribution in [-0.4, -0.2) is 20.8 Å². The summed E-state index contributed by atoms with van der Waals surface area (Å²) < 4.78 is 1.87. The topological polar surface area (TPSA) is 67.2 Å². The number of nitrogens with zero attached hydrogens (tertiary/aromatic N) is 2. The summed E-state index contributed by atoms with van der Waals surface area (Å²) in [7, 11) is 0. The Balaban J connectivity index is 1.96. The molecule has 0 saturated carbocycles. The number of anilines is 1. The van der Waals surface area contributed by atoms with Gasteiger partial charge < -0.3 is 10.4 Å². The number of carbonyl (C=O) groups excluding carboxylic acids is 1. The Morgan fingerprint density at radius 3 is 2.64 bits per heavy atom. The molecule has 0 aliphatic rings. The molecule has 0 radical (unpaired) electrons. The molecular formula is C20H23N3O2. The van der Waals surface area contributed by atoms with Crippen LogP contribution < -0.4 is 5.32 Å². The zero-order valence-corrected chi connectivity index (χ0v) is 14.8. The Labute approximate surface area is 147 Å². The lowest BCUT2D eigenvalue weighted by Gasteiger charge is -2.18. The highest BCUT2D eigenvalue weighted by Gasteiger charge is 2.19. The Bertz CT molecular complexity index is 910. The van der Waals surface area contributed by atoms with Gasteiger partial charge in [0.15, 0.2) is 0 Å². The van der Waals surface area contributed by atoms with E-state index in [9.17, 15) is 9.90 Å². The van der Waals surface area contributed by atoms with Gasteiger partial charge in [0, 0.05) is 10.9 Å². The fourth-order valence-electron chi connectivity index (χ4n) is 3.13. The molecule has 5 nitrogen and oxygen atoms in total. The van der Waals surface area contributed by atoms with Gasteiger partial charge in [0.05, 0.1) is 17.8 Å². The van der Waals surface area contributed by atoms with Crippen LogP contribution in [0.5, 0.6) is 5.75 Å². The summed E-state index contributed by atoms with van der Waals surface area (Å²) in [6.45, 7) is 6.12. The van der Waals surface area contributed by atoms with Gasteiger partial charge in [-0.25, -0.2) is 4.68 Å². The van der Waals surface area contributed by atoms with Gasteiger partial charge in [0.2, 0.25) is 0 Å². The molecule has 25 heavy (non-hydrogen) atoms. The third kappa shape index (κ3) is 3.09. The first-order valence-corrected chi connectivity index (χ1v) is 8.63. The number of nitrogens with one attached hydrogen (secondary N) is 1. The number of aromatic nitrogens is 2. The van der Waals surface area contributed by atoms with E-state index in [4.69, 9.17) is 0 Å². The Kier molecular flexibility index (Phi) is 4.74. The molecule has 1 heterocycles. The lowest BCUT2D eigenvalue weighted by molar-refractivity contribution is 0.102. The zero-order chi connectivity index (χ0) is 18.0. The van der Waals surface area contributed by atoms with Crippen LogP contribution in [0.15, 0.2) is 42.6 Å². The highest BCUT2D eigenvalue weighted by Crippen LogP contribution is 2.30. The molecule has 3 rings (SSSR count). The quantitative estimate of drug-likeness (QED) is 0.711. The second-order valence-corrected chi connectivity index (χ2v) is 6.23. The van der Waals surface area contributed by atoms with Crippen LogP contribution in [-0.2, 0) is 0 Å². The van der Waals surface area contributed by atoms with Crippen molar-refractivity contribution in [2.45, 2.75) is 39.7 Å². The molecule has 1 aromatic heterocycles. The molecule has 0 bridgehead atoms. The largest absolute Gasteiger partial charge is 0.506 e. The van der Waals surface area contributed by atoms with Crippen LogP contribution in [0.4, 0.5) is 5.82 Å². The summed E-state index contributed by atoms with van der Waals surface area (Å²) in [6, 6.07) is 11.2. The van der Waals surface area contributed by atoms with Gasteiger partial charge in [-0.3, -0.25) is 4.79 Å². The van der Waals surface area contributed by atoms with E-state index in [1.807, 2.05) is 35.9 Å². The van der Waals surface area contributed by atoms with Crippen LogP contribution in [0.25, 0.3) is 10.8 Å². The summed E-state index contributed by atoms with van der Waals surface area (Å²) in [6.07, 6.45) is 3.62. The molecule has 130 valence electrons. The number of phenols is 1. The fraction of sp³-hybridized carbons (Fsp3) is 0.300. The van der Waals surface area contributed by atoms with Gasteiger partial charge in [-0.15, -0.1) is 0 Å². The number of hydrogen-bond donors (Lipinski definition) is 2. The molecule has 0 aliphatic heterocycles. The second-order valence-electron chi connectivity index (χ2n) is 6.23. The molecule has 2 aromatic carbocycles. The third-order valence-corrected chi connectivity index (χ3v) is 4.64. The number of amides is 1. The van der Waals surface area contributed by atoms with Gasteiger partial charge in [-0.05, 0) is 31.2 Å². The van der Waals surface area contributed by atoms with Crippen molar-refractivity contribution >= 4 is 22.5 Å². The van der Waals surface area contributed by atoms with Crippen molar-refractivity contribution in [3.8, 4) is 5.75 Å². The minimum Gasteiger partial charge on any atom is -0.506 e. The van der Waals surface area contributed by atoms with Gasteiger partial charge >= 0.3 is 0 Å². The van der Waals surface area contributed by atoms with Crippen LogP contribution in [0.3, 0.4) is 0 Å². The van der Waals surface area contributed by atoms with E-state index in [0.717, 1.165) is 23.8 Å². The van der Waals surface area contributed by atoms with Crippen LogP contribution in [0, 0.1) is 6.92 Å². The summed E-state index contributed by atoms with van der Waals surface area (Å²) in [5.41, 5.74) is 1.16. The Morgan fingerprint density at radius 1 is 1.20 bits per heavy atom. The maximum absolute atomic E-state index is 12.8. The lowest BCUT2D eigenvalue weighted by atomic mass is 10.0. The molecule has 0 spiro atoms. The van der Waals surface area contributed by atoms with Crippen molar-refractivity contribution in [3.63, 3.8) is 0 Å². The van der Waals surface area contributed by atoms with E-state index in [0.29, 0.717) is 11.2 Å². The minimum absolute atomic E-state index is 0.00171. The van der Waals surface area contributed by atoms with Gasteiger partial charge in [0.1, 0.15) is 11.6 Å². The van der Waals surface area contributed by atoms with Crippen molar-refractivity contribution in [2.24, 2.45) is 0 Å². The summed E-state index contributed by atoms with van der Waals surface area (Å²) in [5, 5.41) is 19.4. The van der Waals surface area contributed by atoms with Crippen molar-refractivity contribution in [1.82, 2.24) is 9.78 Å². The van der Waals surface area contributed by atoms with Crippen molar-refractivity contribution in [1.29, 1.82) is 0 Å². The summed E-state index contributed by atoms with van der Waals surface area (Å²) in [5.74, 6) is 0.354. The van der Waals surface area contributed by atoms with Crippen LogP contribution in [0.1, 0.15) is 48.7 Å². The van der Waals surface area contributed by atoms with E-state index < -0.39 is 0 Å². The van der Waals surface area contributed by atoms with Crippen molar-refractivity contribution < 1.29 is 9.90 Å². The molecule has 3 aromatic rings. The number of aryl methyl sites for hydroxylation is 1. The predicted octanol–water partition coefficient (Wildman–Crippen LogP) is 4.66. The van der Waals surface area contributed by atoms with E-state index in [1.165, 1.54) is 0 Å². The van der Waals surface area contributed by atoms with E-state index in [2.05, 4.69) is 24.3 Å². The zero-order valence-electron chi connectivity index (χ0n) is 14.8. The average molecular weight is 337 g/mol. The molecule has 1 amide bonds. The smallest absolute Gasteiger partial charge is 0.260 e. The third-order valence-electron chi connectivity index (χ3n) is 4.64. The number of phenolic OH excluding ortho intramolecular Hbond substituents is 1. The molecular weight excluding hydrogens is 314 g/mol. The highest BCUT2D eigenvalue weighted by atomic mass is 16.3. The first-order valence-electron chi connectivity index (χ1n) is 8.63. The minimum atomic E-state index is -0.334. The monoisotopic (exact) mass is 337 g/mol. The summed E-state index contributed by atoms with van der Waals surface area (Å²) in [4.78, 5) is 12.8. The maximum atomic E-state index is 12.8. The summed E-state index contributed by atoms with van der Waals surface area (Å²) >= 11 is 0. The van der Waals surface area contributed by atoms with Gasteiger partial charge in [-0.2, -0.15) is 5.10 Å². The van der Waals surface area contributed by atoms with Crippen LogP contribution in [0.2, 0.25) is 0 Å². The fourth-order valence-corrected chi connectivity index (χ4v) is 3.13. The molecule has 0 unspecified atom stereocenters. The van der Waals surface area contributed by atoms with Crippen molar-refractivity contribution in [3.05, 3.63) is 53.7 Å². The molecule has 0 aliphatic carbocycles. The Hall–Kier alpha value is -2.82. The molecule has 0 saturated heterocycles. The van der Waals surface area contributed by atoms with Gasteiger partial charge in [0.25, 0.3) is 5.91 Å². The molecule has 5 heteroatoms. The average Bonchev–Trinajstić information content (AvgIpc) is 2.97. The predicted molar refractivity (Wildman–Crippen MR) is 100 cm³/mol. The molecule has 0 fully saturated rings. The number of aromatic hydroxyl groups is 1. The first kappa shape index (κ1) is 17.0. The Morgan fingerprint density at radius 2 is 1.92 bits per heavy atom. The number of hydrogen-bond acceptors (Lipinski definition) is 3. The van der Waals surface area contributed by atoms with E-state index in [-0.39, 0.29) is 23.3 Å². The van der Waals surface area contributed by atoms with Crippen molar-refractivity contribution in [2.75, 3.05) is 5.32 Å². The molecule has 0 atom stereocenters. The number of carbonyl (C=O) groups is 1. The standard InChI is InChI=1S/C20H23N3O2/c1-4-15(5-2)23-19(13(3)12-21-23)22-20(25)17-11-10-14-8-6-7-9-16(14)18(17)24/h6-12,15,24H,4-5H2,1-3H3,(H,22,25). The number of rotatable bonds is 5. The first-order chi connectivity index (χ1) is 12.1. The SMILES string of the molecule is CCC(CC)n1ncc(C)c1NC(=O)c1ccc2ccccc2c1O. The molecule has 2 N–H and O–H groups in total. The lowest BCUT2D eigenvalue weighted by Crippen LogP contribution is -2.19. The number of fused-ring (bicyclic) bond motifs is 1. The highest BCUT2D eigenvalue weighted by molar-refractivity contribution is 6.09.